The lowest BCUT2D eigenvalue weighted by Crippen LogP contribution is -2.19. The summed E-state index contributed by atoms with van der Waals surface area (Å²) in [5, 5.41) is 12.8. The van der Waals surface area contributed by atoms with E-state index in [1.54, 1.807) is 7.05 Å². The molecule has 0 saturated heterocycles. The summed E-state index contributed by atoms with van der Waals surface area (Å²) in [5.74, 6) is 0.0406. The van der Waals surface area contributed by atoms with Crippen molar-refractivity contribution in [1.29, 1.82) is 0 Å². The average molecular weight is 232 g/mol. The zero-order chi connectivity index (χ0) is 12.3. The van der Waals surface area contributed by atoms with Crippen LogP contribution in [0.1, 0.15) is 12.0 Å². The molecule has 1 aromatic heterocycles. The normalized spacial score (nSPS) is 10.7. The van der Waals surface area contributed by atoms with Gasteiger partial charge in [-0.1, -0.05) is 6.07 Å². The van der Waals surface area contributed by atoms with Gasteiger partial charge in [0.05, 0.1) is 6.61 Å². The van der Waals surface area contributed by atoms with Crippen LogP contribution in [0, 0.1) is 0 Å². The largest absolute Gasteiger partial charge is 0.392 e. The molecule has 1 aromatic carbocycles. The molecule has 0 unspecified atom stereocenters. The van der Waals surface area contributed by atoms with Gasteiger partial charge >= 0.3 is 0 Å². The van der Waals surface area contributed by atoms with Crippen molar-refractivity contribution < 1.29 is 9.90 Å². The van der Waals surface area contributed by atoms with Gasteiger partial charge in [0, 0.05) is 31.7 Å². The highest BCUT2D eigenvalue weighted by atomic mass is 16.3. The fourth-order valence-corrected chi connectivity index (χ4v) is 1.89. The second-order valence-corrected chi connectivity index (χ2v) is 3.98. The van der Waals surface area contributed by atoms with Crippen molar-refractivity contribution in [1.82, 2.24) is 9.88 Å². The number of carbonyl (C=O) groups excluding carboxylic acids is 1. The predicted octanol–water partition coefficient (Wildman–Crippen LogP) is 1.27. The molecule has 1 heterocycles. The third-order valence-corrected chi connectivity index (χ3v) is 2.88. The molecule has 0 radical (unpaired) electrons. The highest BCUT2D eigenvalue weighted by molar-refractivity contribution is 5.81. The van der Waals surface area contributed by atoms with Crippen molar-refractivity contribution in [2.45, 2.75) is 19.6 Å². The number of fused-ring (bicyclic) bond motifs is 1. The van der Waals surface area contributed by atoms with Crippen molar-refractivity contribution in [2.24, 2.45) is 0 Å². The summed E-state index contributed by atoms with van der Waals surface area (Å²) in [7, 11) is 1.64. The van der Waals surface area contributed by atoms with E-state index in [4.69, 9.17) is 5.11 Å². The van der Waals surface area contributed by atoms with E-state index in [1.165, 1.54) is 0 Å². The Labute approximate surface area is 99.9 Å². The molecule has 4 nitrogen and oxygen atoms in total. The minimum absolute atomic E-state index is 0.0406. The first-order chi connectivity index (χ1) is 8.24. The first-order valence-corrected chi connectivity index (χ1v) is 5.64. The van der Waals surface area contributed by atoms with Gasteiger partial charge in [0.15, 0.2) is 0 Å². The van der Waals surface area contributed by atoms with Gasteiger partial charge in [0.2, 0.25) is 5.91 Å². The Balaban J connectivity index is 2.21. The van der Waals surface area contributed by atoms with Gasteiger partial charge in [0.25, 0.3) is 0 Å². The van der Waals surface area contributed by atoms with Crippen LogP contribution < -0.4 is 5.32 Å². The third kappa shape index (κ3) is 2.47. The maximum absolute atomic E-state index is 11.2. The van der Waals surface area contributed by atoms with E-state index in [0.29, 0.717) is 13.0 Å². The van der Waals surface area contributed by atoms with Crippen molar-refractivity contribution in [3.63, 3.8) is 0 Å². The Morgan fingerprint density at radius 1 is 1.41 bits per heavy atom. The van der Waals surface area contributed by atoms with Crippen molar-refractivity contribution in [3.05, 3.63) is 36.0 Å². The minimum Gasteiger partial charge on any atom is -0.392 e. The van der Waals surface area contributed by atoms with Crippen LogP contribution in [0.2, 0.25) is 0 Å². The Hall–Kier alpha value is -1.81. The average Bonchev–Trinajstić information content (AvgIpc) is 2.77. The molecule has 90 valence electrons. The Morgan fingerprint density at radius 2 is 2.24 bits per heavy atom. The molecule has 0 spiro atoms. The van der Waals surface area contributed by atoms with Crippen LogP contribution in [-0.2, 0) is 17.9 Å². The topological polar surface area (TPSA) is 54.3 Å². The number of nitrogens with zero attached hydrogens (tertiary/aromatic N) is 1. The molecule has 0 bridgehead atoms. The number of carbonyl (C=O) groups is 1. The Kier molecular flexibility index (Phi) is 3.44. The summed E-state index contributed by atoms with van der Waals surface area (Å²) in [6, 6.07) is 7.84. The van der Waals surface area contributed by atoms with E-state index in [9.17, 15) is 4.79 Å². The van der Waals surface area contributed by atoms with Gasteiger partial charge in [-0.15, -0.1) is 0 Å². The lowest BCUT2D eigenvalue weighted by molar-refractivity contribution is -0.120. The quantitative estimate of drug-likeness (QED) is 0.834. The van der Waals surface area contributed by atoms with E-state index in [2.05, 4.69) is 5.32 Å². The fourth-order valence-electron chi connectivity index (χ4n) is 1.89. The van der Waals surface area contributed by atoms with Crippen molar-refractivity contribution in [2.75, 3.05) is 7.05 Å². The zero-order valence-corrected chi connectivity index (χ0v) is 9.81. The molecule has 2 N–H and O–H groups in total. The van der Waals surface area contributed by atoms with Gasteiger partial charge in [-0.3, -0.25) is 4.79 Å². The molecular formula is C13H16N2O2. The second-order valence-electron chi connectivity index (χ2n) is 3.98. The molecule has 0 aliphatic heterocycles. The van der Waals surface area contributed by atoms with E-state index < -0.39 is 0 Å². The van der Waals surface area contributed by atoms with Crippen LogP contribution in [-0.4, -0.2) is 22.6 Å². The summed E-state index contributed by atoms with van der Waals surface area (Å²) >= 11 is 0. The van der Waals surface area contributed by atoms with E-state index in [-0.39, 0.29) is 12.5 Å². The van der Waals surface area contributed by atoms with E-state index in [1.807, 2.05) is 35.0 Å². The van der Waals surface area contributed by atoms with Gasteiger partial charge < -0.3 is 15.0 Å². The summed E-state index contributed by atoms with van der Waals surface area (Å²) in [4.78, 5) is 11.2. The number of rotatable bonds is 4. The SMILES string of the molecule is CNC(=O)CCn1ccc2cc(CO)ccc21. The summed E-state index contributed by atoms with van der Waals surface area (Å²) in [6.45, 7) is 0.723. The number of aliphatic hydroxyl groups excluding tert-OH is 1. The monoisotopic (exact) mass is 232 g/mol. The second kappa shape index (κ2) is 5.01. The molecule has 2 aromatic rings. The van der Waals surface area contributed by atoms with Crippen LogP contribution in [0.4, 0.5) is 0 Å². The smallest absolute Gasteiger partial charge is 0.221 e. The van der Waals surface area contributed by atoms with Crippen molar-refractivity contribution >= 4 is 16.8 Å². The maximum atomic E-state index is 11.2. The number of aryl methyl sites for hydroxylation is 1. The lowest BCUT2D eigenvalue weighted by Gasteiger charge is -2.05. The lowest BCUT2D eigenvalue weighted by atomic mass is 10.2. The van der Waals surface area contributed by atoms with Crippen LogP contribution in [0.5, 0.6) is 0 Å². The van der Waals surface area contributed by atoms with E-state index >= 15 is 0 Å². The number of hydrogen-bond acceptors (Lipinski definition) is 2. The van der Waals surface area contributed by atoms with Crippen LogP contribution in [0.15, 0.2) is 30.5 Å². The summed E-state index contributed by atoms with van der Waals surface area (Å²) < 4.78 is 2.05. The predicted molar refractivity (Wildman–Crippen MR) is 66.5 cm³/mol. The van der Waals surface area contributed by atoms with Crippen LogP contribution >= 0.6 is 0 Å². The standard InChI is InChI=1S/C13H16N2O2/c1-14-13(17)5-7-15-6-4-11-8-10(9-16)2-3-12(11)15/h2-4,6,8,16H,5,7,9H2,1H3,(H,14,17). The first-order valence-electron chi connectivity index (χ1n) is 5.64. The number of aromatic nitrogens is 1. The molecule has 0 saturated carbocycles. The number of benzene rings is 1. The number of amides is 1. The van der Waals surface area contributed by atoms with Crippen LogP contribution in [0.3, 0.4) is 0 Å². The highest BCUT2D eigenvalue weighted by Crippen LogP contribution is 2.18. The minimum atomic E-state index is 0.0406. The van der Waals surface area contributed by atoms with Gasteiger partial charge in [-0.25, -0.2) is 0 Å². The van der Waals surface area contributed by atoms with Crippen molar-refractivity contribution in [3.8, 4) is 0 Å². The fraction of sp³-hybridized carbons (Fsp3) is 0.308. The summed E-state index contributed by atoms with van der Waals surface area (Å²) in [5.41, 5.74) is 1.99. The third-order valence-electron chi connectivity index (χ3n) is 2.88. The maximum Gasteiger partial charge on any atom is 0.221 e. The molecule has 1 amide bonds. The zero-order valence-electron chi connectivity index (χ0n) is 9.81. The van der Waals surface area contributed by atoms with Gasteiger partial charge in [-0.2, -0.15) is 0 Å². The molecule has 0 aliphatic carbocycles. The van der Waals surface area contributed by atoms with Gasteiger partial charge in [-0.05, 0) is 29.1 Å². The van der Waals surface area contributed by atoms with Crippen LogP contribution in [0.25, 0.3) is 10.9 Å². The molecule has 0 aliphatic rings. The Bertz CT molecular complexity index is 531. The number of hydrogen-bond donors (Lipinski definition) is 2. The molecule has 4 heteroatoms. The molecular weight excluding hydrogens is 216 g/mol. The summed E-state index contributed by atoms with van der Waals surface area (Å²) in [6.07, 6.45) is 2.44. The molecule has 2 rings (SSSR count). The first kappa shape index (κ1) is 11.7. The van der Waals surface area contributed by atoms with Gasteiger partial charge in [0.1, 0.15) is 0 Å². The molecule has 0 fully saturated rings. The number of nitrogens with one attached hydrogen (secondary N) is 1. The number of aliphatic hydroxyl groups is 1. The molecule has 0 atom stereocenters. The molecule has 17 heavy (non-hydrogen) atoms. The highest BCUT2D eigenvalue weighted by Gasteiger charge is 2.04. The Morgan fingerprint density at radius 3 is 2.94 bits per heavy atom. The van der Waals surface area contributed by atoms with E-state index in [0.717, 1.165) is 16.5 Å².